The molecule has 0 aliphatic heterocycles. The minimum Gasteiger partial charge on any atom is -0.364 e. The first-order chi connectivity index (χ1) is 6.20. The molecule has 2 aliphatic carbocycles. The molecule has 2 aliphatic rings. The number of fused-ring (bicyclic) bond motifs is 3. The molecule has 68 valence electrons. The van der Waals surface area contributed by atoms with E-state index in [-0.39, 0.29) is 0 Å². The monoisotopic (exact) mass is 177 g/mol. The maximum absolute atomic E-state index is 11.0. The number of nitrogens with zero attached hydrogens (tertiary/aromatic N) is 1. The van der Waals surface area contributed by atoms with Crippen molar-refractivity contribution in [2.24, 2.45) is 17.6 Å². The van der Waals surface area contributed by atoms with Gasteiger partial charge in [-0.2, -0.15) is 5.10 Å². The summed E-state index contributed by atoms with van der Waals surface area (Å²) in [6, 6.07) is 0. The zero-order valence-electron chi connectivity index (χ0n) is 7.37. The topological polar surface area (TPSA) is 71.8 Å². The fourth-order valence-corrected chi connectivity index (χ4v) is 2.64. The van der Waals surface area contributed by atoms with Gasteiger partial charge in [-0.15, -0.1) is 0 Å². The van der Waals surface area contributed by atoms with E-state index >= 15 is 0 Å². The maximum atomic E-state index is 11.0. The zero-order chi connectivity index (χ0) is 9.16. The van der Waals surface area contributed by atoms with E-state index in [1.165, 1.54) is 0 Å². The standard InChI is InChI=1S/C9H11N3O/c1-3-4-2-5-7(6(3)4)11-12-8(5)9(10)13/h3-4,6H,2H2,1H3,(H2,10,13)(H,11,12). The Morgan fingerprint density at radius 1 is 1.69 bits per heavy atom. The number of amides is 1. The quantitative estimate of drug-likeness (QED) is 0.652. The number of carbonyl (C=O) groups excluding carboxylic acids is 1. The van der Waals surface area contributed by atoms with E-state index in [9.17, 15) is 4.79 Å². The number of rotatable bonds is 1. The zero-order valence-corrected chi connectivity index (χ0v) is 7.37. The summed E-state index contributed by atoms with van der Waals surface area (Å²) >= 11 is 0. The Hall–Kier alpha value is -1.32. The third kappa shape index (κ3) is 0.709. The second-order valence-electron chi connectivity index (χ2n) is 4.08. The van der Waals surface area contributed by atoms with Gasteiger partial charge in [-0.1, -0.05) is 6.92 Å². The van der Waals surface area contributed by atoms with E-state index in [0.717, 1.165) is 29.5 Å². The van der Waals surface area contributed by atoms with E-state index in [1.807, 2.05) is 0 Å². The highest BCUT2D eigenvalue weighted by Gasteiger charge is 2.55. The van der Waals surface area contributed by atoms with Gasteiger partial charge < -0.3 is 5.73 Å². The SMILES string of the molecule is CC1C2Cc3c(C(N)=O)n[nH]c3C12. The van der Waals surface area contributed by atoms with Gasteiger partial charge in [0, 0.05) is 17.2 Å². The molecule has 4 nitrogen and oxygen atoms in total. The van der Waals surface area contributed by atoms with Crippen molar-refractivity contribution in [1.29, 1.82) is 0 Å². The maximum Gasteiger partial charge on any atom is 0.269 e. The van der Waals surface area contributed by atoms with Crippen molar-refractivity contribution in [3.05, 3.63) is 17.0 Å². The highest BCUT2D eigenvalue weighted by atomic mass is 16.1. The highest BCUT2D eigenvalue weighted by molar-refractivity contribution is 5.92. The lowest BCUT2D eigenvalue weighted by molar-refractivity contribution is 0.0994. The average Bonchev–Trinajstić information content (AvgIpc) is 2.49. The largest absolute Gasteiger partial charge is 0.364 e. The third-order valence-corrected chi connectivity index (χ3v) is 3.47. The van der Waals surface area contributed by atoms with Crippen LogP contribution in [0.3, 0.4) is 0 Å². The summed E-state index contributed by atoms with van der Waals surface area (Å²) in [6.07, 6.45) is 0.982. The van der Waals surface area contributed by atoms with Crippen molar-refractivity contribution >= 4 is 5.91 Å². The molecule has 3 unspecified atom stereocenters. The Kier molecular flexibility index (Phi) is 1.07. The van der Waals surface area contributed by atoms with Crippen molar-refractivity contribution in [1.82, 2.24) is 10.2 Å². The minimum absolute atomic E-state index is 0.411. The number of hydrogen-bond donors (Lipinski definition) is 2. The van der Waals surface area contributed by atoms with Gasteiger partial charge in [0.05, 0.1) is 0 Å². The summed E-state index contributed by atoms with van der Waals surface area (Å²) in [5.74, 6) is 1.71. The van der Waals surface area contributed by atoms with Crippen LogP contribution in [0, 0.1) is 11.8 Å². The minimum atomic E-state index is -0.411. The summed E-state index contributed by atoms with van der Waals surface area (Å²) in [5.41, 5.74) is 7.89. The van der Waals surface area contributed by atoms with Crippen LogP contribution < -0.4 is 5.73 Å². The normalized spacial score (nSPS) is 34.1. The molecule has 0 bridgehead atoms. The molecule has 1 amide bonds. The first-order valence-electron chi connectivity index (χ1n) is 4.57. The van der Waals surface area contributed by atoms with Crippen molar-refractivity contribution in [2.75, 3.05) is 0 Å². The van der Waals surface area contributed by atoms with Gasteiger partial charge in [-0.05, 0) is 18.3 Å². The smallest absolute Gasteiger partial charge is 0.269 e. The Morgan fingerprint density at radius 3 is 3.15 bits per heavy atom. The molecule has 1 heterocycles. The van der Waals surface area contributed by atoms with Crippen molar-refractivity contribution in [2.45, 2.75) is 19.3 Å². The molecule has 0 radical (unpaired) electrons. The lowest BCUT2D eigenvalue weighted by atomic mass is 10.1. The number of hydrogen-bond acceptors (Lipinski definition) is 2. The summed E-state index contributed by atoms with van der Waals surface area (Å²) in [6.45, 7) is 2.24. The molecule has 0 aromatic carbocycles. The van der Waals surface area contributed by atoms with Crippen LogP contribution in [-0.4, -0.2) is 16.1 Å². The molecule has 0 spiro atoms. The van der Waals surface area contributed by atoms with Crippen LogP contribution in [0.4, 0.5) is 0 Å². The molecule has 3 atom stereocenters. The van der Waals surface area contributed by atoms with E-state index in [2.05, 4.69) is 17.1 Å². The molecule has 1 aromatic heterocycles. The molecule has 3 N–H and O–H groups in total. The predicted molar refractivity (Wildman–Crippen MR) is 46.2 cm³/mol. The third-order valence-electron chi connectivity index (χ3n) is 3.47. The van der Waals surface area contributed by atoms with Crippen LogP contribution in [0.25, 0.3) is 0 Å². The highest BCUT2D eigenvalue weighted by Crippen LogP contribution is 2.60. The molecule has 1 aromatic rings. The number of nitrogens with two attached hydrogens (primary N) is 1. The van der Waals surface area contributed by atoms with Gasteiger partial charge in [-0.25, -0.2) is 0 Å². The first kappa shape index (κ1) is 7.12. The van der Waals surface area contributed by atoms with Crippen LogP contribution in [0.5, 0.6) is 0 Å². The summed E-state index contributed by atoms with van der Waals surface area (Å²) < 4.78 is 0. The molecule has 1 fully saturated rings. The van der Waals surface area contributed by atoms with Gasteiger partial charge in [0.25, 0.3) is 5.91 Å². The van der Waals surface area contributed by atoms with Gasteiger partial charge in [0.15, 0.2) is 5.69 Å². The lowest BCUT2D eigenvalue weighted by Gasteiger charge is -1.97. The van der Waals surface area contributed by atoms with Gasteiger partial charge in [0.1, 0.15) is 0 Å². The Bertz CT molecular complexity index is 396. The molecular formula is C9H11N3O. The van der Waals surface area contributed by atoms with Gasteiger partial charge in [0.2, 0.25) is 0 Å². The Labute approximate surface area is 75.5 Å². The second kappa shape index (κ2) is 1.95. The van der Waals surface area contributed by atoms with Gasteiger partial charge in [-0.3, -0.25) is 9.89 Å². The van der Waals surface area contributed by atoms with E-state index < -0.39 is 5.91 Å². The number of nitrogens with one attached hydrogen (secondary N) is 1. The fourth-order valence-electron chi connectivity index (χ4n) is 2.64. The van der Waals surface area contributed by atoms with E-state index in [0.29, 0.717) is 11.6 Å². The first-order valence-corrected chi connectivity index (χ1v) is 4.57. The number of aromatic nitrogens is 2. The van der Waals surface area contributed by atoms with E-state index in [1.54, 1.807) is 0 Å². The number of carbonyl (C=O) groups is 1. The average molecular weight is 177 g/mol. The molecule has 3 rings (SSSR count). The number of aromatic amines is 1. The van der Waals surface area contributed by atoms with Gasteiger partial charge >= 0.3 is 0 Å². The van der Waals surface area contributed by atoms with Crippen molar-refractivity contribution in [3.8, 4) is 0 Å². The number of H-pyrrole nitrogens is 1. The molecule has 13 heavy (non-hydrogen) atoms. The molecule has 1 saturated carbocycles. The molecular weight excluding hydrogens is 166 g/mol. The van der Waals surface area contributed by atoms with Crippen LogP contribution in [-0.2, 0) is 6.42 Å². The Balaban J connectivity index is 2.08. The molecule has 0 saturated heterocycles. The van der Waals surface area contributed by atoms with Crippen LogP contribution in [0.1, 0.15) is 34.6 Å². The summed E-state index contributed by atoms with van der Waals surface area (Å²) in [4.78, 5) is 11.0. The summed E-state index contributed by atoms with van der Waals surface area (Å²) in [7, 11) is 0. The second-order valence-corrected chi connectivity index (χ2v) is 4.08. The predicted octanol–water partition coefficient (Wildman–Crippen LogP) is 0.414. The number of primary amides is 1. The van der Waals surface area contributed by atoms with Crippen molar-refractivity contribution < 1.29 is 4.79 Å². The van der Waals surface area contributed by atoms with Crippen molar-refractivity contribution in [3.63, 3.8) is 0 Å². The van der Waals surface area contributed by atoms with E-state index in [4.69, 9.17) is 5.73 Å². The van der Waals surface area contributed by atoms with Crippen LogP contribution in [0.2, 0.25) is 0 Å². The lowest BCUT2D eigenvalue weighted by Crippen LogP contribution is -2.13. The van der Waals surface area contributed by atoms with Crippen LogP contribution >= 0.6 is 0 Å². The summed E-state index contributed by atoms with van der Waals surface area (Å²) in [5, 5.41) is 6.89. The van der Waals surface area contributed by atoms with Crippen LogP contribution in [0.15, 0.2) is 0 Å². The fraction of sp³-hybridized carbons (Fsp3) is 0.556. The molecule has 4 heteroatoms. The Morgan fingerprint density at radius 2 is 2.46 bits per heavy atom.